The lowest BCUT2D eigenvalue weighted by atomic mass is 10.1. The van der Waals surface area contributed by atoms with Crippen molar-refractivity contribution >= 4 is 68.1 Å². The molecular formula is C26H26BrN7S2. The van der Waals surface area contributed by atoms with Crippen molar-refractivity contribution in [3.63, 3.8) is 0 Å². The predicted octanol–water partition coefficient (Wildman–Crippen LogP) is 7.50. The third-order valence-corrected chi connectivity index (χ3v) is 7.62. The van der Waals surface area contributed by atoms with Crippen molar-refractivity contribution in [2.24, 2.45) is 5.14 Å². The zero-order valence-corrected chi connectivity index (χ0v) is 23.5. The highest BCUT2D eigenvalue weighted by molar-refractivity contribution is 9.10. The first-order chi connectivity index (χ1) is 17.4. The Morgan fingerprint density at radius 3 is 2.64 bits per heavy atom. The Bertz CT molecular complexity index is 1570. The topological polar surface area (TPSA) is 96.6 Å². The van der Waals surface area contributed by atoms with E-state index in [2.05, 4.69) is 85.5 Å². The van der Waals surface area contributed by atoms with Crippen LogP contribution in [0.3, 0.4) is 0 Å². The maximum absolute atomic E-state index is 5.75. The molecule has 3 heterocycles. The molecule has 0 unspecified atom stereocenters. The van der Waals surface area contributed by atoms with Crippen molar-refractivity contribution in [3.8, 4) is 17.1 Å². The van der Waals surface area contributed by atoms with Gasteiger partial charge in [0.15, 0.2) is 5.65 Å². The highest BCUT2D eigenvalue weighted by Crippen LogP contribution is 2.36. The van der Waals surface area contributed by atoms with Crippen molar-refractivity contribution in [1.82, 2.24) is 19.5 Å². The van der Waals surface area contributed by atoms with Crippen LogP contribution in [0.25, 0.3) is 28.2 Å². The number of nitrogens with two attached hydrogens (primary N) is 1. The zero-order chi connectivity index (χ0) is 25.4. The molecule has 184 valence electrons. The molecule has 0 bridgehead atoms. The number of hydrogen-bond donors (Lipinski definition) is 4. The molecule has 0 fully saturated rings. The monoisotopic (exact) mass is 579 g/mol. The van der Waals surface area contributed by atoms with E-state index in [9.17, 15) is 0 Å². The highest BCUT2D eigenvalue weighted by Gasteiger charge is 2.19. The molecule has 5 rings (SSSR count). The normalized spacial score (nSPS) is 11.3. The number of H-pyrrole nitrogens is 1. The fourth-order valence-corrected chi connectivity index (χ4v) is 5.53. The molecule has 10 heteroatoms. The number of hydrogen-bond acceptors (Lipinski definition) is 7. The van der Waals surface area contributed by atoms with Crippen LogP contribution in [0.4, 0.5) is 17.1 Å². The summed E-state index contributed by atoms with van der Waals surface area (Å²) in [6, 6.07) is 16.6. The van der Waals surface area contributed by atoms with Gasteiger partial charge in [-0.05, 0) is 96.7 Å². The summed E-state index contributed by atoms with van der Waals surface area (Å²) < 4.78 is 6.41. The number of halogens is 1. The van der Waals surface area contributed by atoms with Gasteiger partial charge in [-0.2, -0.15) is 0 Å². The summed E-state index contributed by atoms with van der Waals surface area (Å²) in [5, 5.41) is 9.23. The molecule has 36 heavy (non-hydrogen) atoms. The number of pyridine rings is 1. The Morgan fingerprint density at radius 2 is 1.89 bits per heavy atom. The standard InChI is InChI=1S/C26H26BrN7S2/c1-14-10-18(33-35-4)8-9-22(14)34-15(2)11-20(16(34)3)25-31-24-23(21(27)13-29-26(24)32-25)30-17-6-5-7-19(12-17)36-28/h5-13,33H,28H2,1-4H3,(H2,29,30,31,32). The number of benzene rings is 2. The van der Waals surface area contributed by atoms with Crippen LogP contribution in [0.2, 0.25) is 0 Å². The number of rotatable bonds is 7. The van der Waals surface area contributed by atoms with Gasteiger partial charge in [0, 0.05) is 51.4 Å². The molecule has 0 spiro atoms. The number of fused-ring (bicyclic) bond motifs is 1. The van der Waals surface area contributed by atoms with Crippen LogP contribution in [0, 0.1) is 20.8 Å². The maximum atomic E-state index is 5.75. The number of anilines is 3. The first kappa shape index (κ1) is 24.8. The molecule has 2 aromatic carbocycles. The van der Waals surface area contributed by atoms with E-state index in [0.717, 1.165) is 60.4 Å². The summed E-state index contributed by atoms with van der Waals surface area (Å²) in [4.78, 5) is 14.0. The molecule has 0 aliphatic rings. The largest absolute Gasteiger partial charge is 0.353 e. The first-order valence-corrected chi connectivity index (χ1v) is 14.2. The Balaban J connectivity index is 1.57. The lowest BCUT2D eigenvalue weighted by Crippen LogP contribution is -2.02. The average Bonchev–Trinajstić information content (AvgIpc) is 3.42. The second kappa shape index (κ2) is 10.2. The Hall–Kier alpha value is -2.92. The number of nitrogens with one attached hydrogen (secondary N) is 3. The molecule has 0 atom stereocenters. The minimum absolute atomic E-state index is 0.716. The van der Waals surface area contributed by atoms with E-state index in [1.807, 2.05) is 30.5 Å². The van der Waals surface area contributed by atoms with E-state index in [4.69, 9.17) is 10.1 Å². The lowest BCUT2D eigenvalue weighted by Gasteiger charge is -2.14. The highest BCUT2D eigenvalue weighted by atomic mass is 79.9. The third kappa shape index (κ3) is 4.61. The lowest BCUT2D eigenvalue weighted by molar-refractivity contribution is 0.955. The first-order valence-electron chi connectivity index (χ1n) is 11.3. The van der Waals surface area contributed by atoms with Gasteiger partial charge >= 0.3 is 0 Å². The smallest absolute Gasteiger partial charge is 0.159 e. The van der Waals surface area contributed by atoms with Gasteiger partial charge in [0.2, 0.25) is 0 Å². The van der Waals surface area contributed by atoms with Crippen molar-refractivity contribution in [2.75, 3.05) is 16.3 Å². The molecule has 0 saturated heterocycles. The Morgan fingerprint density at radius 1 is 1.06 bits per heavy atom. The molecule has 3 aromatic heterocycles. The van der Waals surface area contributed by atoms with Gasteiger partial charge < -0.3 is 19.6 Å². The summed E-state index contributed by atoms with van der Waals surface area (Å²) in [7, 11) is 0. The van der Waals surface area contributed by atoms with Gasteiger partial charge in [0.1, 0.15) is 11.3 Å². The van der Waals surface area contributed by atoms with E-state index in [1.54, 1.807) is 18.1 Å². The summed E-state index contributed by atoms with van der Waals surface area (Å²) in [5.41, 5.74) is 9.99. The van der Waals surface area contributed by atoms with Gasteiger partial charge in [-0.15, -0.1) is 0 Å². The fourth-order valence-electron chi connectivity index (χ4n) is 4.43. The minimum atomic E-state index is 0.716. The molecule has 0 aliphatic heterocycles. The maximum Gasteiger partial charge on any atom is 0.159 e. The fraction of sp³-hybridized carbons (Fsp3) is 0.154. The molecule has 5 aromatic rings. The SMILES string of the molecule is CSNc1ccc(-n2c(C)cc(-c3nc4c(Nc5cccc(SN)c5)c(Br)cnc4[nH]3)c2C)c(C)c1. The van der Waals surface area contributed by atoms with Crippen molar-refractivity contribution in [1.29, 1.82) is 0 Å². The Kier molecular flexibility index (Phi) is 7.03. The van der Waals surface area contributed by atoms with E-state index < -0.39 is 0 Å². The summed E-state index contributed by atoms with van der Waals surface area (Å²) in [6.07, 6.45) is 3.80. The molecule has 0 aliphatic carbocycles. The van der Waals surface area contributed by atoms with Crippen LogP contribution >= 0.6 is 39.8 Å². The number of aromatic nitrogens is 4. The summed E-state index contributed by atoms with van der Waals surface area (Å²) in [5.74, 6) is 0.780. The second-order valence-corrected chi connectivity index (χ2v) is 10.6. The van der Waals surface area contributed by atoms with Gasteiger partial charge in [-0.25, -0.2) is 9.97 Å². The van der Waals surface area contributed by atoms with Gasteiger partial charge in [0.05, 0.1) is 10.2 Å². The number of aromatic amines is 1. The minimum Gasteiger partial charge on any atom is -0.353 e. The van der Waals surface area contributed by atoms with E-state index in [-0.39, 0.29) is 0 Å². The van der Waals surface area contributed by atoms with Crippen molar-refractivity contribution < 1.29 is 0 Å². The van der Waals surface area contributed by atoms with E-state index in [1.165, 1.54) is 17.5 Å². The Labute approximate surface area is 227 Å². The number of aryl methyl sites for hydroxylation is 2. The van der Waals surface area contributed by atoms with Crippen LogP contribution in [-0.4, -0.2) is 25.8 Å². The van der Waals surface area contributed by atoms with Gasteiger partial charge in [-0.1, -0.05) is 18.0 Å². The van der Waals surface area contributed by atoms with Crippen molar-refractivity contribution in [3.05, 3.63) is 76.2 Å². The third-order valence-electron chi connectivity index (χ3n) is 6.05. The number of imidazole rings is 1. The molecule has 0 saturated carbocycles. The quantitative estimate of drug-likeness (QED) is 0.148. The van der Waals surface area contributed by atoms with Crippen molar-refractivity contribution in [2.45, 2.75) is 25.7 Å². The second-order valence-electron chi connectivity index (χ2n) is 8.46. The van der Waals surface area contributed by atoms with Crippen LogP contribution in [0.5, 0.6) is 0 Å². The van der Waals surface area contributed by atoms with Crippen LogP contribution < -0.4 is 15.2 Å². The zero-order valence-electron chi connectivity index (χ0n) is 20.3. The summed E-state index contributed by atoms with van der Waals surface area (Å²) in [6.45, 7) is 6.39. The molecule has 5 N–H and O–H groups in total. The average molecular weight is 581 g/mol. The van der Waals surface area contributed by atoms with Gasteiger partial charge in [-0.3, -0.25) is 5.14 Å². The van der Waals surface area contributed by atoms with E-state index in [0.29, 0.717) is 5.65 Å². The summed E-state index contributed by atoms with van der Waals surface area (Å²) >= 11 is 6.45. The molecule has 0 amide bonds. The van der Waals surface area contributed by atoms with E-state index >= 15 is 0 Å². The molecule has 7 nitrogen and oxygen atoms in total. The van der Waals surface area contributed by atoms with Crippen LogP contribution in [0.1, 0.15) is 17.0 Å². The predicted molar refractivity (Wildman–Crippen MR) is 157 cm³/mol. The molecular weight excluding hydrogens is 554 g/mol. The van der Waals surface area contributed by atoms with Crippen LogP contribution in [0.15, 0.2) is 64.1 Å². The van der Waals surface area contributed by atoms with Gasteiger partial charge in [0.25, 0.3) is 0 Å². The molecule has 0 radical (unpaired) electrons. The number of nitrogens with zero attached hydrogens (tertiary/aromatic N) is 3. The van der Waals surface area contributed by atoms with Crippen LogP contribution in [-0.2, 0) is 0 Å².